The molecule has 2 amide bonds. The van der Waals surface area contributed by atoms with E-state index in [-0.39, 0.29) is 43.2 Å². The maximum Gasteiger partial charge on any atom is 0.416 e. The molecule has 0 radical (unpaired) electrons. The van der Waals surface area contributed by atoms with Crippen LogP contribution in [-0.4, -0.2) is 35.3 Å². The molecule has 1 fully saturated rings. The standard InChI is InChI=1S/C32H26F6N2O4/c1-18-7-8-27-25(11-18)26(41)17-28(44-27)29(42)39-23-9-10-40(24(16-23)12-19-5-3-2-4-6-19)30(43)20-13-21(31(33,34)35)15-22(14-20)32(36,37)38/h2-8,11,13-15,17,23-24H,9-10,12,16H2,1H3,(H,39,42). The van der Waals surface area contributed by atoms with Gasteiger partial charge in [0, 0.05) is 30.3 Å². The van der Waals surface area contributed by atoms with Crippen molar-refractivity contribution in [3.8, 4) is 0 Å². The molecule has 1 aromatic heterocycles. The lowest BCUT2D eigenvalue weighted by molar-refractivity contribution is -0.143. The van der Waals surface area contributed by atoms with Crippen LogP contribution in [0.25, 0.3) is 11.0 Å². The molecule has 6 nitrogen and oxygen atoms in total. The highest BCUT2D eigenvalue weighted by Crippen LogP contribution is 2.37. The summed E-state index contributed by atoms with van der Waals surface area (Å²) < 4.78 is 86.6. The summed E-state index contributed by atoms with van der Waals surface area (Å²) in [4.78, 5) is 40.5. The van der Waals surface area contributed by atoms with E-state index < -0.39 is 58.4 Å². The SMILES string of the molecule is Cc1ccc2oc(C(=O)NC3CCN(C(=O)c4cc(C(F)(F)F)cc(C(F)(F)F)c4)C(Cc4ccccc4)C3)cc(=O)c2c1. The van der Waals surface area contributed by atoms with E-state index in [0.717, 1.165) is 17.2 Å². The van der Waals surface area contributed by atoms with Crippen molar-refractivity contribution < 1.29 is 40.3 Å². The van der Waals surface area contributed by atoms with E-state index in [1.807, 2.05) is 6.92 Å². The molecule has 230 valence electrons. The summed E-state index contributed by atoms with van der Waals surface area (Å²) in [6.07, 6.45) is -9.67. The first-order chi connectivity index (χ1) is 20.7. The highest BCUT2D eigenvalue weighted by molar-refractivity contribution is 5.95. The number of halogens is 6. The summed E-state index contributed by atoms with van der Waals surface area (Å²) in [5.41, 5.74) is -2.45. The number of fused-ring (bicyclic) bond motifs is 1. The molecule has 5 rings (SSSR count). The van der Waals surface area contributed by atoms with Gasteiger partial charge in [-0.3, -0.25) is 14.4 Å². The summed E-state index contributed by atoms with van der Waals surface area (Å²) >= 11 is 0. The number of nitrogens with one attached hydrogen (secondary N) is 1. The first-order valence-corrected chi connectivity index (χ1v) is 13.7. The van der Waals surface area contributed by atoms with E-state index in [2.05, 4.69) is 5.32 Å². The first-order valence-electron chi connectivity index (χ1n) is 13.7. The second kappa shape index (κ2) is 11.8. The molecule has 2 atom stereocenters. The fourth-order valence-electron chi connectivity index (χ4n) is 5.41. The van der Waals surface area contributed by atoms with Crippen molar-refractivity contribution >= 4 is 22.8 Å². The maximum atomic E-state index is 13.5. The molecular weight excluding hydrogens is 590 g/mol. The quantitative estimate of drug-likeness (QED) is 0.251. The smallest absolute Gasteiger partial charge is 0.416 e. The van der Waals surface area contributed by atoms with Crippen molar-refractivity contribution in [1.82, 2.24) is 10.2 Å². The number of hydrogen-bond acceptors (Lipinski definition) is 4. The summed E-state index contributed by atoms with van der Waals surface area (Å²) in [6.45, 7) is 1.75. The molecule has 44 heavy (non-hydrogen) atoms. The van der Waals surface area contributed by atoms with Crippen LogP contribution in [0.4, 0.5) is 26.3 Å². The summed E-state index contributed by atoms with van der Waals surface area (Å²) in [6, 6.07) is 14.5. The van der Waals surface area contributed by atoms with Gasteiger partial charge < -0.3 is 14.6 Å². The van der Waals surface area contributed by atoms with Gasteiger partial charge in [0.05, 0.1) is 16.5 Å². The van der Waals surface area contributed by atoms with Crippen molar-refractivity contribution in [2.24, 2.45) is 0 Å². The van der Waals surface area contributed by atoms with Gasteiger partial charge in [0.1, 0.15) is 5.58 Å². The summed E-state index contributed by atoms with van der Waals surface area (Å²) in [7, 11) is 0. The number of benzene rings is 3. The Hall–Kier alpha value is -4.61. The highest BCUT2D eigenvalue weighted by atomic mass is 19.4. The van der Waals surface area contributed by atoms with Crippen LogP contribution in [0.15, 0.2) is 82.0 Å². The number of aryl methyl sites for hydroxylation is 1. The van der Waals surface area contributed by atoms with E-state index in [4.69, 9.17) is 4.42 Å². The van der Waals surface area contributed by atoms with Gasteiger partial charge >= 0.3 is 12.4 Å². The van der Waals surface area contributed by atoms with Gasteiger partial charge in [0.15, 0.2) is 11.2 Å². The molecule has 2 heterocycles. The molecule has 0 saturated carbocycles. The molecule has 12 heteroatoms. The zero-order valence-electron chi connectivity index (χ0n) is 23.3. The number of rotatable bonds is 5. The molecule has 0 bridgehead atoms. The number of carbonyl (C=O) groups excluding carboxylic acids is 2. The molecule has 1 N–H and O–H groups in total. The van der Waals surface area contributed by atoms with Crippen molar-refractivity contribution in [2.75, 3.05) is 6.54 Å². The van der Waals surface area contributed by atoms with E-state index in [1.54, 1.807) is 48.5 Å². The Labute approximate surface area is 247 Å². The monoisotopic (exact) mass is 616 g/mol. The minimum atomic E-state index is -5.10. The van der Waals surface area contributed by atoms with Gasteiger partial charge in [-0.2, -0.15) is 26.3 Å². The Morgan fingerprint density at radius 1 is 0.909 bits per heavy atom. The van der Waals surface area contributed by atoms with Crippen LogP contribution in [0, 0.1) is 6.92 Å². The number of likely N-dealkylation sites (tertiary alicyclic amines) is 1. The van der Waals surface area contributed by atoms with Gasteiger partial charge in [-0.25, -0.2) is 0 Å². The predicted molar refractivity (Wildman–Crippen MR) is 149 cm³/mol. The lowest BCUT2D eigenvalue weighted by atomic mass is 9.91. The third-order valence-corrected chi connectivity index (χ3v) is 7.57. The van der Waals surface area contributed by atoms with Crippen molar-refractivity contribution in [3.63, 3.8) is 0 Å². The van der Waals surface area contributed by atoms with Crippen LogP contribution in [0.1, 0.15) is 56.0 Å². The molecule has 1 saturated heterocycles. The number of alkyl halides is 6. The fourth-order valence-corrected chi connectivity index (χ4v) is 5.41. The topological polar surface area (TPSA) is 79.6 Å². The molecule has 1 aliphatic rings. The molecule has 3 aromatic carbocycles. The van der Waals surface area contributed by atoms with Crippen molar-refractivity contribution in [2.45, 2.75) is 50.6 Å². The highest BCUT2D eigenvalue weighted by Gasteiger charge is 2.39. The summed E-state index contributed by atoms with van der Waals surface area (Å²) in [5.74, 6) is -1.86. The zero-order valence-corrected chi connectivity index (χ0v) is 23.3. The first kappa shape index (κ1) is 30.8. The average molecular weight is 617 g/mol. The second-order valence-corrected chi connectivity index (χ2v) is 10.8. The van der Waals surface area contributed by atoms with Crippen LogP contribution in [0.5, 0.6) is 0 Å². The van der Waals surface area contributed by atoms with Crippen LogP contribution >= 0.6 is 0 Å². The Bertz CT molecular complexity index is 1730. The summed E-state index contributed by atoms with van der Waals surface area (Å²) in [5, 5.41) is 3.12. The number of carbonyl (C=O) groups is 2. The van der Waals surface area contributed by atoms with Gasteiger partial charge in [0.2, 0.25) is 0 Å². The van der Waals surface area contributed by atoms with Crippen LogP contribution < -0.4 is 10.7 Å². The minimum Gasteiger partial charge on any atom is -0.451 e. The van der Waals surface area contributed by atoms with E-state index >= 15 is 0 Å². The number of piperidine rings is 1. The van der Waals surface area contributed by atoms with E-state index in [1.165, 1.54) is 4.90 Å². The fraction of sp³-hybridized carbons (Fsp3) is 0.281. The van der Waals surface area contributed by atoms with E-state index in [0.29, 0.717) is 17.5 Å². The Morgan fingerprint density at radius 3 is 2.20 bits per heavy atom. The number of amides is 2. The Morgan fingerprint density at radius 2 is 1.57 bits per heavy atom. The molecule has 1 aliphatic heterocycles. The average Bonchev–Trinajstić information content (AvgIpc) is 2.96. The molecular formula is C32H26F6N2O4. The molecule has 0 aliphatic carbocycles. The van der Waals surface area contributed by atoms with Crippen LogP contribution in [-0.2, 0) is 18.8 Å². The van der Waals surface area contributed by atoms with Gasteiger partial charge in [-0.1, -0.05) is 42.0 Å². The zero-order chi connectivity index (χ0) is 31.8. The second-order valence-electron chi connectivity index (χ2n) is 10.8. The third-order valence-electron chi connectivity index (χ3n) is 7.57. The maximum absolute atomic E-state index is 13.5. The predicted octanol–water partition coefficient (Wildman–Crippen LogP) is 6.78. The lowest BCUT2D eigenvalue weighted by Gasteiger charge is -2.40. The van der Waals surface area contributed by atoms with Crippen molar-refractivity contribution in [1.29, 1.82) is 0 Å². The van der Waals surface area contributed by atoms with Gasteiger partial charge in [-0.15, -0.1) is 0 Å². The van der Waals surface area contributed by atoms with Crippen LogP contribution in [0.3, 0.4) is 0 Å². The van der Waals surface area contributed by atoms with E-state index in [9.17, 15) is 40.7 Å². The van der Waals surface area contributed by atoms with Gasteiger partial charge in [0.25, 0.3) is 11.8 Å². The minimum absolute atomic E-state index is 0.0215. The Kier molecular flexibility index (Phi) is 8.28. The molecule has 0 spiro atoms. The molecule has 4 aromatic rings. The third kappa shape index (κ3) is 6.79. The Balaban J connectivity index is 1.42. The van der Waals surface area contributed by atoms with Crippen LogP contribution in [0.2, 0.25) is 0 Å². The van der Waals surface area contributed by atoms with Crippen molar-refractivity contribution in [3.05, 3.63) is 117 Å². The lowest BCUT2D eigenvalue weighted by Crippen LogP contribution is -2.52. The largest absolute Gasteiger partial charge is 0.451 e. The molecule has 2 unspecified atom stereocenters. The normalized spacial score (nSPS) is 17.5. The number of nitrogens with zero attached hydrogens (tertiary/aromatic N) is 1. The van der Waals surface area contributed by atoms with Gasteiger partial charge in [-0.05, 0) is 62.1 Å². The number of hydrogen-bond donors (Lipinski definition) is 1.